The molecule has 14 heavy (non-hydrogen) atoms. The predicted molar refractivity (Wildman–Crippen MR) is 52.5 cm³/mol. The minimum Gasteiger partial charge on any atom is -0.472 e. The lowest BCUT2D eigenvalue weighted by molar-refractivity contribution is 0.564. The van der Waals surface area contributed by atoms with Crippen molar-refractivity contribution < 1.29 is 4.42 Å². The van der Waals surface area contributed by atoms with Crippen molar-refractivity contribution in [3.63, 3.8) is 0 Å². The van der Waals surface area contributed by atoms with Crippen LogP contribution in [0.3, 0.4) is 0 Å². The van der Waals surface area contributed by atoms with Crippen LogP contribution in [0.5, 0.6) is 0 Å². The summed E-state index contributed by atoms with van der Waals surface area (Å²) in [4.78, 5) is 7.96. The van der Waals surface area contributed by atoms with Crippen LogP contribution in [0.25, 0.3) is 0 Å². The van der Waals surface area contributed by atoms with Crippen LogP contribution in [0.4, 0.5) is 11.6 Å². The van der Waals surface area contributed by atoms with E-state index in [1.807, 2.05) is 6.07 Å². The molecule has 0 aliphatic carbocycles. The van der Waals surface area contributed by atoms with Crippen molar-refractivity contribution in [3.05, 3.63) is 36.5 Å². The molecule has 3 N–H and O–H groups in total. The molecule has 2 aromatic heterocycles. The second-order valence-corrected chi connectivity index (χ2v) is 2.81. The van der Waals surface area contributed by atoms with Crippen molar-refractivity contribution in [2.75, 3.05) is 11.1 Å². The van der Waals surface area contributed by atoms with Gasteiger partial charge in [0.05, 0.1) is 24.9 Å². The Morgan fingerprint density at radius 2 is 2.29 bits per heavy atom. The van der Waals surface area contributed by atoms with Gasteiger partial charge in [-0.25, -0.2) is 9.97 Å². The van der Waals surface area contributed by atoms with Gasteiger partial charge in [-0.2, -0.15) is 0 Å². The van der Waals surface area contributed by atoms with Gasteiger partial charge < -0.3 is 15.5 Å². The quantitative estimate of drug-likeness (QED) is 0.762. The SMILES string of the molecule is Nc1cnc(NCc2ccoc2)cn1. The molecule has 2 heterocycles. The van der Waals surface area contributed by atoms with Crippen LogP contribution in [0, 0.1) is 0 Å². The summed E-state index contributed by atoms with van der Waals surface area (Å²) < 4.78 is 4.93. The number of hydrogen-bond donors (Lipinski definition) is 2. The topological polar surface area (TPSA) is 77.0 Å². The first-order chi connectivity index (χ1) is 6.84. The molecule has 2 rings (SSSR count). The summed E-state index contributed by atoms with van der Waals surface area (Å²) in [7, 11) is 0. The first-order valence-electron chi connectivity index (χ1n) is 4.17. The Morgan fingerprint density at radius 3 is 2.93 bits per heavy atom. The van der Waals surface area contributed by atoms with Crippen LogP contribution < -0.4 is 11.1 Å². The molecule has 0 aromatic carbocycles. The molecule has 0 radical (unpaired) electrons. The smallest absolute Gasteiger partial charge is 0.144 e. The highest BCUT2D eigenvalue weighted by Gasteiger charge is 1.96. The van der Waals surface area contributed by atoms with E-state index in [-0.39, 0.29) is 0 Å². The standard InChI is InChI=1S/C9H10N4O/c10-8-4-13-9(5-11-8)12-3-7-1-2-14-6-7/h1-2,4-6H,3H2,(H2,10,11)(H,12,13). The molecule has 0 spiro atoms. The first-order valence-corrected chi connectivity index (χ1v) is 4.17. The van der Waals surface area contributed by atoms with E-state index in [0.29, 0.717) is 18.2 Å². The van der Waals surface area contributed by atoms with Crippen molar-refractivity contribution in [1.29, 1.82) is 0 Å². The molecule has 0 aliphatic rings. The van der Waals surface area contributed by atoms with Gasteiger partial charge in [-0.15, -0.1) is 0 Å². The Kier molecular flexibility index (Phi) is 2.31. The lowest BCUT2D eigenvalue weighted by atomic mass is 10.3. The van der Waals surface area contributed by atoms with Gasteiger partial charge in [-0.3, -0.25) is 0 Å². The first kappa shape index (κ1) is 8.55. The number of aromatic nitrogens is 2. The fourth-order valence-electron chi connectivity index (χ4n) is 1.02. The van der Waals surface area contributed by atoms with Crippen molar-refractivity contribution in [3.8, 4) is 0 Å². The van der Waals surface area contributed by atoms with Gasteiger partial charge in [-0.05, 0) is 6.07 Å². The van der Waals surface area contributed by atoms with Crippen LogP contribution in [-0.4, -0.2) is 9.97 Å². The van der Waals surface area contributed by atoms with Gasteiger partial charge >= 0.3 is 0 Å². The maximum Gasteiger partial charge on any atom is 0.144 e. The van der Waals surface area contributed by atoms with Crippen molar-refractivity contribution in [1.82, 2.24) is 9.97 Å². The maximum absolute atomic E-state index is 5.40. The predicted octanol–water partition coefficient (Wildman–Crippen LogP) is 1.26. The van der Waals surface area contributed by atoms with E-state index < -0.39 is 0 Å². The molecule has 0 atom stereocenters. The molecule has 0 amide bonds. The molecule has 2 aromatic rings. The Morgan fingerprint density at radius 1 is 1.36 bits per heavy atom. The third-order valence-corrected chi connectivity index (χ3v) is 1.73. The third-order valence-electron chi connectivity index (χ3n) is 1.73. The average molecular weight is 190 g/mol. The molecular formula is C9H10N4O. The monoisotopic (exact) mass is 190 g/mol. The van der Waals surface area contributed by atoms with E-state index in [4.69, 9.17) is 10.2 Å². The zero-order valence-electron chi connectivity index (χ0n) is 7.47. The highest BCUT2D eigenvalue weighted by atomic mass is 16.3. The van der Waals surface area contributed by atoms with Crippen LogP contribution in [0.2, 0.25) is 0 Å². The molecule has 0 saturated carbocycles. The van der Waals surface area contributed by atoms with E-state index in [1.54, 1.807) is 18.7 Å². The molecular weight excluding hydrogens is 180 g/mol. The minimum absolute atomic E-state index is 0.416. The van der Waals surface area contributed by atoms with E-state index in [2.05, 4.69) is 15.3 Å². The zero-order valence-corrected chi connectivity index (χ0v) is 7.47. The molecule has 0 unspecified atom stereocenters. The lowest BCUT2D eigenvalue weighted by Gasteiger charge is -2.02. The Hall–Kier alpha value is -2.04. The summed E-state index contributed by atoms with van der Waals surface area (Å²) >= 11 is 0. The van der Waals surface area contributed by atoms with Crippen LogP contribution in [0.1, 0.15) is 5.56 Å². The highest BCUT2D eigenvalue weighted by Crippen LogP contribution is 2.05. The van der Waals surface area contributed by atoms with Crippen molar-refractivity contribution >= 4 is 11.6 Å². The second-order valence-electron chi connectivity index (χ2n) is 2.81. The molecule has 0 aliphatic heterocycles. The van der Waals surface area contributed by atoms with Crippen LogP contribution >= 0.6 is 0 Å². The summed E-state index contributed by atoms with van der Waals surface area (Å²) in [5.74, 6) is 1.11. The number of nitrogen functional groups attached to an aromatic ring is 1. The summed E-state index contributed by atoms with van der Waals surface area (Å²) in [5, 5.41) is 3.09. The fraction of sp³-hybridized carbons (Fsp3) is 0.111. The van der Waals surface area contributed by atoms with Gasteiger partial charge in [-0.1, -0.05) is 0 Å². The Bertz CT molecular complexity index is 382. The number of rotatable bonds is 3. The van der Waals surface area contributed by atoms with E-state index >= 15 is 0 Å². The summed E-state index contributed by atoms with van der Waals surface area (Å²) in [6, 6.07) is 1.89. The number of nitrogens with zero attached hydrogens (tertiary/aromatic N) is 2. The number of nitrogens with one attached hydrogen (secondary N) is 1. The van der Waals surface area contributed by atoms with Crippen molar-refractivity contribution in [2.24, 2.45) is 0 Å². The summed E-state index contributed by atoms with van der Waals surface area (Å²) in [6.07, 6.45) is 6.41. The van der Waals surface area contributed by atoms with E-state index in [9.17, 15) is 0 Å². The molecule has 72 valence electrons. The summed E-state index contributed by atoms with van der Waals surface area (Å²) in [5.41, 5.74) is 6.46. The number of hydrogen-bond acceptors (Lipinski definition) is 5. The maximum atomic E-state index is 5.40. The Labute approximate surface area is 81.0 Å². The van der Waals surface area contributed by atoms with Gasteiger partial charge in [0.1, 0.15) is 11.6 Å². The van der Waals surface area contributed by atoms with Gasteiger partial charge in [0.2, 0.25) is 0 Å². The number of anilines is 2. The minimum atomic E-state index is 0.416. The van der Waals surface area contributed by atoms with Gasteiger partial charge in [0.15, 0.2) is 0 Å². The van der Waals surface area contributed by atoms with Crippen LogP contribution in [-0.2, 0) is 6.54 Å². The zero-order chi connectivity index (χ0) is 9.80. The lowest BCUT2D eigenvalue weighted by Crippen LogP contribution is -2.01. The van der Waals surface area contributed by atoms with Crippen molar-refractivity contribution in [2.45, 2.75) is 6.54 Å². The van der Waals surface area contributed by atoms with Gasteiger partial charge in [0, 0.05) is 12.1 Å². The molecule has 5 heteroatoms. The molecule has 0 saturated heterocycles. The second kappa shape index (κ2) is 3.78. The largest absolute Gasteiger partial charge is 0.472 e. The normalized spacial score (nSPS) is 10.0. The summed E-state index contributed by atoms with van der Waals surface area (Å²) in [6.45, 7) is 0.662. The number of furan rings is 1. The average Bonchev–Trinajstić information content (AvgIpc) is 2.70. The highest BCUT2D eigenvalue weighted by molar-refractivity contribution is 5.36. The Balaban J connectivity index is 1.95. The molecule has 5 nitrogen and oxygen atoms in total. The fourth-order valence-corrected chi connectivity index (χ4v) is 1.02. The number of nitrogens with two attached hydrogens (primary N) is 1. The molecule has 0 fully saturated rings. The van der Waals surface area contributed by atoms with Gasteiger partial charge in [0.25, 0.3) is 0 Å². The molecule has 0 bridgehead atoms. The van der Waals surface area contributed by atoms with Crippen LogP contribution in [0.15, 0.2) is 35.4 Å². The van der Waals surface area contributed by atoms with E-state index in [0.717, 1.165) is 5.56 Å². The van der Waals surface area contributed by atoms with E-state index in [1.165, 1.54) is 6.20 Å². The third kappa shape index (κ3) is 2.01.